The maximum Gasteiger partial charge on any atom is 0.253 e. The first-order valence-corrected chi connectivity index (χ1v) is 7.84. The van der Waals surface area contributed by atoms with Gasteiger partial charge in [-0.15, -0.1) is 0 Å². The van der Waals surface area contributed by atoms with Gasteiger partial charge in [0.1, 0.15) is 17.2 Å². The Morgan fingerprint density at radius 3 is 2.20 bits per heavy atom. The average molecular weight is 334 g/mol. The Labute approximate surface area is 146 Å². The molecule has 0 spiro atoms. The molecule has 25 heavy (non-hydrogen) atoms. The number of amides is 1. The minimum absolute atomic E-state index is 0.147. The molecule has 1 amide bonds. The summed E-state index contributed by atoms with van der Waals surface area (Å²) in [6.45, 7) is 0.441. The first-order chi connectivity index (χ1) is 12.2. The second-order valence-electron chi connectivity index (χ2n) is 5.35. The molecule has 2 aromatic carbocycles. The fraction of sp³-hybridized carbons (Fsp3) is 0.100. The first-order valence-electron chi connectivity index (χ1n) is 7.84. The van der Waals surface area contributed by atoms with Crippen LogP contribution in [-0.2, 0) is 6.54 Å². The molecule has 1 N–H and O–H groups in total. The molecule has 0 aliphatic heterocycles. The predicted octanol–water partition coefficient (Wildman–Crippen LogP) is 3.81. The SMILES string of the molecule is COc1ccc(Oc2ccc(CNC(=O)c3cccnc3)cc2)cc1. The van der Waals surface area contributed by atoms with Crippen molar-refractivity contribution in [2.75, 3.05) is 7.11 Å². The predicted molar refractivity (Wildman–Crippen MR) is 94.9 cm³/mol. The van der Waals surface area contributed by atoms with Crippen LogP contribution in [0, 0.1) is 0 Å². The van der Waals surface area contributed by atoms with Crippen LogP contribution in [0.4, 0.5) is 0 Å². The van der Waals surface area contributed by atoms with Crippen molar-refractivity contribution in [1.29, 1.82) is 0 Å². The Morgan fingerprint density at radius 2 is 1.60 bits per heavy atom. The third-order valence-corrected chi connectivity index (χ3v) is 3.60. The summed E-state index contributed by atoms with van der Waals surface area (Å²) in [6.07, 6.45) is 3.18. The quantitative estimate of drug-likeness (QED) is 0.744. The summed E-state index contributed by atoms with van der Waals surface area (Å²) >= 11 is 0. The van der Waals surface area contributed by atoms with Crippen molar-refractivity contribution in [1.82, 2.24) is 10.3 Å². The molecular weight excluding hydrogens is 316 g/mol. The van der Waals surface area contributed by atoms with Gasteiger partial charge in [-0.1, -0.05) is 12.1 Å². The molecule has 5 heteroatoms. The van der Waals surface area contributed by atoms with E-state index in [1.807, 2.05) is 48.5 Å². The number of carbonyl (C=O) groups is 1. The average Bonchev–Trinajstić information content (AvgIpc) is 2.68. The highest BCUT2D eigenvalue weighted by molar-refractivity contribution is 5.93. The van der Waals surface area contributed by atoms with Crippen molar-refractivity contribution in [3.63, 3.8) is 0 Å². The molecule has 0 unspecified atom stereocenters. The molecule has 0 saturated carbocycles. The Bertz CT molecular complexity index is 816. The third kappa shape index (κ3) is 4.57. The number of hydrogen-bond acceptors (Lipinski definition) is 4. The van der Waals surface area contributed by atoms with Crippen molar-refractivity contribution in [3.05, 3.63) is 84.2 Å². The minimum atomic E-state index is -0.147. The number of benzene rings is 2. The van der Waals surface area contributed by atoms with E-state index in [4.69, 9.17) is 9.47 Å². The van der Waals surface area contributed by atoms with E-state index in [2.05, 4.69) is 10.3 Å². The van der Waals surface area contributed by atoms with Crippen LogP contribution in [0.5, 0.6) is 17.2 Å². The van der Waals surface area contributed by atoms with E-state index in [1.54, 1.807) is 31.6 Å². The molecule has 1 heterocycles. The number of hydrogen-bond donors (Lipinski definition) is 1. The molecule has 126 valence electrons. The Balaban J connectivity index is 1.55. The van der Waals surface area contributed by atoms with E-state index in [1.165, 1.54) is 0 Å². The van der Waals surface area contributed by atoms with Crippen LogP contribution < -0.4 is 14.8 Å². The summed E-state index contributed by atoms with van der Waals surface area (Å²) in [5.74, 6) is 2.10. The van der Waals surface area contributed by atoms with Gasteiger partial charge in [0.2, 0.25) is 0 Å². The Kier molecular flexibility index (Phi) is 5.26. The molecule has 0 radical (unpaired) electrons. The van der Waals surface area contributed by atoms with Gasteiger partial charge in [-0.3, -0.25) is 9.78 Å². The monoisotopic (exact) mass is 334 g/mol. The van der Waals surface area contributed by atoms with Gasteiger partial charge in [-0.25, -0.2) is 0 Å². The first kappa shape index (κ1) is 16.5. The lowest BCUT2D eigenvalue weighted by Crippen LogP contribution is -2.22. The van der Waals surface area contributed by atoms with Gasteiger partial charge in [-0.2, -0.15) is 0 Å². The topological polar surface area (TPSA) is 60.5 Å². The molecule has 0 atom stereocenters. The number of nitrogens with one attached hydrogen (secondary N) is 1. The number of nitrogens with zero attached hydrogens (tertiary/aromatic N) is 1. The van der Waals surface area contributed by atoms with Gasteiger partial charge in [0, 0.05) is 18.9 Å². The van der Waals surface area contributed by atoms with Crippen LogP contribution in [0.25, 0.3) is 0 Å². The Morgan fingerprint density at radius 1 is 0.960 bits per heavy atom. The molecule has 0 fully saturated rings. The summed E-state index contributed by atoms with van der Waals surface area (Å²) in [7, 11) is 1.63. The summed E-state index contributed by atoms with van der Waals surface area (Å²) in [4.78, 5) is 15.9. The van der Waals surface area contributed by atoms with Crippen LogP contribution in [0.15, 0.2) is 73.1 Å². The second-order valence-corrected chi connectivity index (χ2v) is 5.35. The highest BCUT2D eigenvalue weighted by Crippen LogP contribution is 2.24. The summed E-state index contributed by atoms with van der Waals surface area (Å²) in [6, 6.07) is 18.4. The molecule has 0 bridgehead atoms. The summed E-state index contributed by atoms with van der Waals surface area (Å²) < 4.78 is 10.9. The van der Waals surface area contributed by atoms with Gasteiger partial charge < -0.3 is 14.8 Å². The molecule has 3 rings (SSSR count). The van der Waals surface area contributed by atoms with Crippen LogP contribution in [0.3, 0.4) is 0 Å². The van der Waals surface area contributed by atoms with Crippen molar-refractivity contribution in [3.8, 4) is 17.2 Å². The number of carbonyl (C=O) groups excluding carboxylic acids is 1. The van der Waals surface area contributed by atoms with E-state index in [9.17, 15) is 4.79 Å². The van der Waals surface area contributed by atoms with Gasteiger partial charge in [0.15, 0.2) is 0 Å². The molecule has 0 saturated heterocycles. The second kappa shape index (κ2) is 7.97. The zero-order chi connectivity index (χ0) is 17.5. The molecule has 5 nitrogen and oxygen atoms in total. The number of pyridine rings is 1. The zero-order valence-electron chi connectivity index (χ0n) is 13.8. The summed E-state index contributed by atoms with van der Waals surface area (Å²) in [5.41, 5.74) is 1.53. The number of aromatic nitrogens is 1. The number of ether oxygens (including phenoxy) is 2. The van der Waals surface area contributed by atoms with Crippen LogP contribution in [-0.4, -0.2) is 18.0 Å². The largest absolute Gasteiger partial charge is 0.497 e. The standard InChI is InChI=1S/C20H18N2O3/c1-24-17-8-10-19(11-9-17)25-18-6-4-15(5-7-18)13-22-20(23)16-3-2-12-21-14-16/h2-12,14H,13H2,1H3,(H,22,23). The summed E-state index contributed by atoms with van der Waals surface area (Å²) in [5, 5.41) is 2.86. The lowest BCUT2D eigenvalue weighted by Gasteiger charge is -2.08. The number of rotatable bonds is 6. The van der Waals surface area contributed by atoms with Gasteiger partial charge in [0.25, 0.3) is 5.91 Å². The molecule has 0 aliphatic rings. The van der Waals surface area contributed by atoms with Crippen molar-refractivity contribution >= 4 is 5.91 Å². The van der Waals surface area contributed by atoms with E-state index >= 15 is 0 Å². The molecule has 3 aromatic rings. The highest BCUT2D eigenvalue weighted by atomic mass is 16.5. The van der Waals surface area contributed by atoms with Gasteiger partial charge in [0.05, 0.1) is 12.7 Å². The van der Waals surface area contributed by atoms with Gasteiger partial charge >= 0.3 is 0 Å². The lowest BCUT2D eigenvalue weighted by molar-refractivity contribution is 0.0950. The minimum Gasteiger partial charge on any atom is -0.497 e. The Hall–Kier alpha value is -3.34. The van der Waals surface area contributed by atoms with Crippen LogP contribution in [0.1, 0.15) is 15.9 Å². The normalized spacial score (nSPS) is 10.1. The van der Waals surface area contributed by atoms with E-state index < -0.39 is 0 Å². The lowest BCUT2D eigenvalue weighted by atomic mass is 10.2. The fourth-order valence-electron chi connectivity index (χ4n) is 2.24. The third-order valence-electron chi connectivity index (χ3n) is 3.60. The van der Waals surface area contributed by atoms with Crippen molar-refractivity contribution in [2.45, 2.75) is 6.54 Å². The smallest absolute Gasteiger partial charge is 0.253 e. The highest BCUT2D eigenvalue weighted by Gasteiger charge is 2.05. The maximum atomic E-state index is 12.0. The van der Waals surface area contributed by atoms with Crippen molar-refractivity contribution in [2.24, 2.45) is 0 Å². The zero-order valence-corrected chi connectivity index (χ0v) is 13.8. The molecule has 1 aromatic heterocycles. The number of methoxy groups -OCH3 is 1. The van der Waals surface area contributed by atoms with E-state index in [-0.39, 0.29) is 5.91 Å². The van der Waals surface area contributed by atoms with Gasteiger partial charge in [-0.05, 0) is 54.1 Å². The van der Waals surface area contributed by atoms with Crippen LogP contribution in [0.2, 0.25) is 0 Å². The van der Waals surface area contributed by atoms with Crippen LogP contribution >= 0.6 is 0 Å². The van der Waals surface area contributed by atoms with E-state index in [0.717, 1.165) is 22.8 Å². The maximum absolute atomic E-state index is 12.0. The fourth-order valence-corrected chi connectivity index (χ4v) is 2.24. The molecular formula is C20H18N2O3. The van der Waals surface area contributed by atoms with Crippen molar-refractivity contribution < 1.29 is 14.3 Å². The molecule has 0 aliphatic carbocycles. The van der Waals surface area contributed by atoms with E-state index in [0.29, 0.717) is 12.1 Å².